The van der Waals surface area contributed by atoms with Crippen molar-refractivity contribution in [2.45, 2.75) is 26.3 Å². The molecule has 17 heavy (non-hydrogen) atoms. The molecule has 0 unspecified atom stereocenters. The summed E-state index contributed by atoms with van der Waals surface area (Å²) in [6.07, 6.45) is 1.04. The van der Waals surface area contributed by atoms with Crippen LogP contribution in [0.4, 0.5) is 0 Å². The number of halogens is 1. The van der Waals surface area contributed by atoms with Crippen molar-refractivity contribution in [3.8, 4) is 0 Å². The topological polar surface area (TPSA) is 26.0 Å². The highest BCUT2D eigenvalue weighted by Gasteiger charge is 2.10. The monoisotopic (exact) mass is 249 g/mol. The second kappa shape index (κ2) is 6.04. The minimum absolute atomic E-state index is 0. The van der Waals surface area contributed by atoms with Crippen molar-refractivity contribution >= 4 is 23.2 Å². The standard InChI is InChI=1S/C15H19N.ClH/c1-11(2)10-15(16)14-9-5-7-12-6-3-4-8-13(12)14;/h3-9,11,15H,10,16H2,1-2H3;1H/t15-;/m0./s1. The number of nitrogens with two attached hydrogens (primary N) is 1. The Morgan fingerprint density at radius 2 is 1.65 bits per heavy atom. The molecular formula is C15H20ClN. The van der Waals surface area contributed by atoms with Gasteiger partial charge in [-0.25, -0.2) is 0 Å². The first-order valence-corrected chi connectivity index (χ1v) is 5.91. The third-order valence-electron chi connectivity index (χ3n) is 2.95. The first-order valence-electron chi connectivity index (χ1n) is 5.91. The maximum Gasteiger partial charge on any atom is 0.0303 e. The summed E-state index contributed by atoms with van der Waals surface area (Å²) < 4.78 is 0. The van der Waals surface area contributed by atoms with Crippen LogP contribution >= 0.6 is 12.4 Å². The second-order valence-electron chi connectivity index (χ2n) is 4.80. The zero-order valence-corrected chi connectivity index (χ0v) is 11.2. The van der Waals surface area contributed by atoms with E-state index >= 15 is 0 Å². The molecule has 2 aromatic rings. The summed E-state index contributed by atoms with van der Waals surface area (Å²) >= 11 is 0. The van der Waals surface area contributed by atoms with E-state index < -0.39 is 0 Å². The largest absolute Gasteiger partial charge is 0.324 e. The minimum Gasteiger partial charge on any atom is -0.324 e. The van der Waals surface area contributed by atoms with E-state index in [9.17, 15) is 0 Å². The van der Waals surface area contributed by atoms with Crippen molar-refractivity contribution in [3.63, 3.8) is 0 Å². The summed E-state index contributed by atoms with van der Waals surface area (Å²) in [5.41, 5.74) is 7.53. The summed E-state index contributed by atoms with van der Waals surface area (Å²) in [4.78, 5) is 0. The Kier molecular flexibility index (Phi) is 4.98. The molecule has 0 fully saturated rings. The van der Waals surface area contributed by atoms with Crippen LogP contribution in [0.3, 0.4) is 0 Å². The zero-order valence-electron chi connectivity index (χ0n) is 10.4. The van der Waals surface area contributed by atoms with Gasteiger partial charge in [0.1, 0.15) is 0 Å². The highest BCUT2D eigenvalue weighted by atomic mass is 35.5. The van der Waals surface area contributed by atoms with Gasteiger partial charge in [0.15, 0.2) is 0 Å². The Balaban J connectivity index is 0.00000144. The molecule has 0 aliphatic carbocycles. The van der Waals surface area contributed by atoms with Crippen LogP contribution in [0.1, 0.15) is 31.9 Å². The molecule has 92 valence electrons. The van der Waals surface area contributed by atoms with Gasteiger partial charge in [-0.05, 0) is 28.7 Å². The number of rotatable bonds is 3. The average Bonchev–Trinajstić information content (AvgIpc) is 2.27. The smallest absolute Gasteiger partial charge is 0.0303 e. The van der Waals surface area contributed by atoms with Crippen molar-refractivity contribution in [1.82, 2.24) is 0 Å². The molecule has 0 spiro atoms. The fourth-order valence-electron chi connectivity index (χ4n) is 2.21. The van der Waals surface area contributed by atoms with Crippen molar-refractivity contribution in [2.75, 3.05) is 0 Å². The van der Waals surface area contributed by atoms with Crippen molar-refractivity contribution in [2.24, 2.45) is 11.7 Å². The summed E-state index contributed by atoms with van der Waals surface area (Å²) in [5, 5.41) is 2.57. The Hall–Kier alpha value is -1.05. The molecule has 0 aliphatic heterocycles. The molecule has 0 aromatic heterocycles. The molecule has 0 aliphatic rings. The molecule has 1 nitrogen and oxygen atoms in total. The Morgan fingerprint density at radius 3 is 2.35 bits per heavy atom. The van der Waals surface area contributed by atoms with Crippen LogP contribution in [-0.4, -0.2) is 0 Å². The van der Waals surface area contributed by atoms with Gasteiger partial charge in [0.2, 0.25) is 0 Å². The van der Waals surface area contributed by atoms with Gasteiger partial charge in [-0.3, -0.25) is 0 Å². The second-order valence-corrected chi connectivity index (χ2v) is 4.80. The average molecular weight is 250 g/mol. The maximum absolute atomic E-state index is 6.26. The van der Waals surface area contributed by atoms with Crippen molar-refractivity contribution in [3.05, 3.63) is 48.0 Å². The fraction of sp³-hybridized carbons (Fsp3) is 0.333. The highest BCUT2D eigenvalue weighted by Crippen LogP contribution is 2.26. The van der Waals surface area contributed by atoms with E-state index in [1.165, 1.54) is 16.3 Å². The summed E-state index contributed by atoms with van der Waals surface area (Å²) in [7, 11) is 0. The van der Waals surface area contributed by atoms with Gasteiger partial charge in [-0.2, -0.15) is 0 Å². The molecule has 1 atom stereocenters. The summed E-state index contributed by atoms with van der Waals surface area (Å²) in [6.45, 7) is 4.43. The summed E-state index contributed by atoms with van der Waals surface area (Å²) in [6, 6.07) is 15.0. The van der Waals surface area contributed by atoms with Crippen LogP contribution in [0.25, 0.3) is 10.8 Å². The van der Waals surface area contributed by atoms with E-state index in [0.29, 0.717) is 5.92 Å². The Morgan fingerprint density at radius 1 is 1.00 bits per heavy atom. The van der Waals surface area contributed by atoms with E-state index in [-0.39, 0.29) is 18.4 Å². The van der Waals surface area contributed by atoms with E-state index in [4.69, 9.17) is 5.73 Å². The van der Waals surface area contributed by atoms with Gasteiger partial charge >= 0.3 is 0 Å². The minimum atomic E-state index is 0. The van der Waals surface area contributed by atoms with Crippen molar-refractivity contribution < 1.29 is 0 Å². The van der Waals surface area contributed by atoms with Crippen LogP contribution in [-0.2, 0) is 0 Å². The third kappa shape index (κ3) is 3.21. The van der Waals surface area contributed by atoms with Crippen LogP contribution in [0.5, 0.6) is 0 Å². The molecule has 0 radical (unpaired) electrons. The van der Waals surface area contributed by atoms with E-state index in [1.807, 2.05) is 0 Å². The lowest BCUT2D eigenvalue weighted by Gasteiger charge is -2.16. The molecule has 0 saturated carbocycles. The van der Waals surface area contributed by atoms with Crippen LogP contribution in [0.2, 0.25) is 0 Å². The normalized spacial score (nSPS) is 12.5. The predicted molar refractivity (Wildman–Crippen MR) is 77.6 cm³/mol. The van der Waals surface area contributed by atoms with Crippen LogP contribution in [0.15, 0.2) is 42.5 Å². The zero-order chi connectivity index (χ0) is 11.5. The first-order chi connectivity index (χ1) is 7.68. The van der Waals surface area contributed by atoms with E-state index in [2.05, 4.69) is 56.3 Å². The molecule has 0 heterocycles. The number of fused-ring (bicyclic) bond motifs is 1. The molecule has 2 heteroatoms. The Bertz CT molecular complexity index is 474. The number of hydrogen-bond acceptors (Lipinski definition) is 1. The van der Waals surface area contributed by atoms with Gasteiger partial charge in [0.25, 0.3) is 0 Å². The first kappa shape index (κ1) is 14.0. The molecule has 0 bridgehead atoms. The Labute approximate surface area is 109 Å². The highest BCUT2D eigenvalue weighted by molar-refractivity contribution is 5.86. The van der Waals surface area contributed by atoms with Gasteiger partial charge in [-0.15, -0.1) is 12.4 Å². The maximum atomic E-state index is 6.26. The molecule has 0 amide bonds. The molecular weight excluding hydrogens is 230 g/mol. The molecule has 0 saturated heterocycles. The van der Waals surface area contributed by atoms with Crippen LogP contribution in [0, 0.1) is 5.92 Å². The van der Waals surface area contributed by atoms with E-state index in [1.54, 1.807) is 0 Å². The van der Waals surface area contributed by atoms with Gasteiger partial charge in [-0.1, -0.05) is 56.3 Å². The summed E-state index contributed by atoms with van der Waals surface area (Å²) in [5.74, 6) is 0.633. The lowest BCUT2D eigenvalue weighted by Crippen LogP contribution is -2.13. The van der Waals surface area contributed by atoms with E-state index in [0.717, 1.165) is 6.42 Å². The molecule has 2 aromatic carbocycles. The lowest BCUT2D eigenvalue weighted by molar-refractivity contribution is 0.512. The van der Waals surface area contributed by atoms with Crippen molar-refractivity contribution in [1.29, 1.82) is 0 Å². The third-order valence-corrected chi connectivity index (χ3v) is 2.95. The fourth-order valence-corrected chi connectivity index (χ4v) is 2.21. The van der Waals surface area contributed by atoms with Crippen LogP contribution < -0.4 is 5.73 Å². The quantitative estimate of drug-likeness (QED) is 0.862. The predicted octanol–water partition coefficient (Wildman–Crippen LogP) is 4.31. The van der Waals surface area contributed by atoms with Gasteiger partial charge in [0.05, 0.1) is 0 Å². The lowest BCUT2D eigenvalue weighted by atomic mass is 9.93. The number of benzene rings is 2. The van der Waals surface area contributed by atoms with Gasteiger partial charge < -0.3 is 5.73 Å². The molecule has 2 N–H and O–H groups in total. The number of hydrogen-bond donors (Lipinski definition) is 1. The SMILES string of the molecule is CC(C)C[C@H](N)c1cccc2ccccc12.Cl. The molecule has 2 rings (SSSR count). The van der Waals surface area contributed by atoms with Gasteiger partial charge in [0, 0.05) is 6.04 Å².